The molecule has 1 aromatic rings. The van der Waals surface area contributed by atoms with Crippen LogP contribution in [0.25, 0.3) is 0 Å². The number of hydrogen-bond acceptors (Lipinski definition) is 4. The summed E-state index contributed by atoms with van der Waals surface area (Å²) in [4.78, 5) is 20.9. The Balaban J connectivity index is 1.76. The number of carbonyl (C=O) groups excluding carboxylic acids is 1. The second-order valence-corrected chi connectivity index (χ2v) is 6.35. The molecule has 0 spiro atoms. The largest absolute Gasteiger partial charge is 0.366 e. The van der Waals surface area contributed by atoms with Gasteiger partial charge in [-0.2, -0.15) is 0 Å². The van der Waals surface area contributed by atoms with E-state index in [0.717, 1.165) is 50.2 Å². The predicted octanol–water partition coefficient (Wildman–Crippen LogP) is 2.72. The molecule has 114 valence electrons. The lowest BCUT2D eigenvalue weighted by molar-refractivity contribution is -0.125. The van der Waals surface area contributed by atoms with Crippen LogP contribution in [0.5, 0.6) is 0 Å². The highest BCUT2D eigenvalue weighted by Gasteiger charge is 2.31. The van der Waals surface area contributed by atoms with E-state index in [9.17, 15) is 4.79 Å². The van der Waals surface area contributed by atoms with Crippen molar-refractivity contribution in [2.24, 2.45) is 5.92 Å². The van der Waals surface area contributed by atoms with Gasteiger partial charge < -0.3 is 10.6 Å². The molecule has 21 heavy (non-hydrogen) atoms. The van der Waals surface area contributed by atoms with Crippen molar-refractivity contribution in [3.8, 4) is 0 Å². The normalized spacial score (nSPS) is 25.4. The topological polar surface area (TPSA) is 66.9 Å². The summed E-state index contributed by atoms with van der Waals surface area (Å²) in [6.45, 7) is 0. The summed E-state index contributed by atoms with van der Waals surface area (Å²) in [5, 5.41) is 6.65. The Morgan fingerprint density at radius 3 is 2.71 bits per heavy atom. The van der Waals surface area contributed by atoms with Crippen molar-refractivity contribution in [3.05, 3.63) is 17.0 Å². The molecule has 0 radical (unpaired) electrons. The second kappa shape index (κ2) is 6.18. The molecule has 2 atom stereocenters. The van der Waals surface area contributed by atoms with E-state index in [1.807, 2.05) is 0 Å². The van der Waals surface area contributed by atoms with Gasteiger partial charge in [0.05, 0.1) is 5.92 Å². The number of rotatable bonds is 4. The first-order valence-corrected chi connectivity index (χ1v) is 8.08. The lowest BCUT2D eigenvalue weighted by Crippen LogP contribution is -2.42. The van der Waals surface area contributed by atoms with Gasteiger partial charge >= 0.3 is 0 Å². The highest BCUT2D eigenvalue weighted by Crippen LogP contribution is 2.39. The van der Waals surface area contributed by atoms with Gasteiger partial charge in [-0.15, -0.1) is 0 Å². The molecule has 2 saturated carbocycles. The van der Waals surface area contributed by atoms with Gasteiger partial charge in [-0.25, -0.2) is 9.97 Å². The highest BCUT2D eigenvalue weighted by atomic mass is 35.5. The number of amides is 1. The number of anilines is 1. The van der Waals surface area contributed by atoms with E-state index in [1.54, 1.807) is 13.1 Å². The number of hydrogen-bond donors (Lipinski definition) is 2. The number of nitrogens with zero attached hydrogens (tertiary/aromatic N) is 2. The first-order chi connectivity index (χ1) is 10.2. The van der Waals surface area contributed by atoms with Crippen LogP contribution >= 0.6 is 11.6 Å². The first kappa shape index (κ1) is 14.6. The minimum absolute atomic E-state index is 0.00173. The van der Waals surface area contributed by atoms with Crippen molar-refractivity contribution in [1.29, 1.82) is 0 Å². The number of nitrogens with one attached hydrogen (secondary N) is 2. The van der Waals surface area contributed by atoms with Crippen LogP contribution in [0.2, 0.25) is 5.15 Å². The van der Waals surface area contributed by atoms with Crippen LogP contribution in [0.15, 0.2) is 6.07 Å². The Hall–Kier alpha value is -1.36. The van der Waals surface area contributed by atoms with Crippen molar-refractivity contribution < 1.29 is 4.79 Å². The highest BCUT2D eigenvalue weighted by molar-refractivity contribution is 6.29. The van der Waals surface area contributed by atoms with Crippen LogP contribution in [-0.2, 0) is 4.79 Å². The van der Waals surface area contributed by atoms with Crippen molar-refractivity contribution in [1.82, 2.24) is 15.3 Å². The molecule has 3 rings (SSSR count). The molecule has 2 aliphatic rings. The van der Waals surface area contributed by atoms with Crippen molar-refractivity contribution >= 4 is 23.3 Å². The van der Waals surface area contributed by atoms with E-state index in [4.69, 9.17) is 11.6 Å². The van der Waals surface area contributed by atoms with Gasteiger partial charge in [-0.3, -0.25) is 4.79 Å². The summed E-state index contributed by atoms with van der Waals surface area (Å²) in [6, 6.07) is 1.87. The Kier molecular flexibility index (Phi) is 4.29. The monoisotopic (exact) mass is 308 g/mol. The quantitative estimate of drug-likeness (QED) is 0.839. The van der Waals surface area contributed by atoms with Crippen LogP contribution in [0.4, 0.5) is 5.82 Å². The molecule has 0 aliphatic heterocycles. The van der Waals surface area contributed by atoms with Crippen molar-refractivity contribution in [2.75, 3.05) is 12.4 Å². The molecule has 0 aromatic carbocycles. The van der Waals surface area contributed by atoms with E-state index in [0.29, 0.717) is 11.1 Å². The fourth-order valence-electron chi connectivity index (χ4n) is 3.03. The van der Waals surface area contributed by atoms with E-state index in [-0.39, 0.29) is 17.9 Å². The maximum atomic E-state index is 12.0. The van der Waals surface area contributed by atoms with Crippen LogP contribution in [-0.4, -0.2) is 29.0 Å². The van der Waals surface area contributed by atoms with Crippen LogP contribution < -0.4 is 10.6 Å². The molecule has 1 heterocycles. The van der Waals surface area contributed by atoms with Crippen LogP contribution in [0.1, 0.15) is 50.3 Å². The maximum absolute atomic E-state index is 12.0. The molecule has 5 nitrogen and oxygen atoms in total. The minimum atomic E-state index is 0.00173. The van der Waals surface area contributed by atoms with Gasteiger partial charge in [-0.05, 0) is 25.7 Å². The van der Waals surface area contributed by atoms with E-state index < -0.39 is 0 Å². The Morgan fingerprint density at radius 2 is 2.00 bits per heavy atom. The predicted molar refractivity (Wildman–Crippen MR) is 82.5 cm³/mol. The van der Waals surface area contributed by atoms with E-state index >= 15 is 0 Å². The smallest absolute Gasteiger partial charge is 0.224 e. The molecule has 1 aromatic heterocycles. The summed E-state index contributed by atoms with van der Waals surface area (Å²) >= 11 is 6.10. The lowest BCUT2D eigenvalue weighted by atomic mass is 9.84. The SMILES string of the molecule is CNC(=O)C1CCCCC1Nc1cc(Cl)nc(C2CC2)n1. The van der Waals surface area contributed by atoms with Crippen molar-refractivity contribution in [3.63, 3.8) is 0 Å². The zero-order chi connectivity index (χ0) is 14.8. The van der Waals surface area contributed by atoms with Crippen LogP contribution in [0, 0.1) is 5.92 Å². The fourth-order valence-corrected chi connectivity index (χ4v) is 3.22. The van der Waals surface area contributed by atoms with Crippen LogP contribution in [0.3, 0.4) is 0 Å². The summed E-state index contributed by atoms with van der Waals surface area (Å²) in [7, 11) is 1.70. The first-order valence-electron chi connectivity index (χ1n) is 7.70. The molecular weight excluding hydrogens is 288 g/mol. The summed E-state index contributed by atoms with van der Waals surface area (Å²) in [6.07, 6.45) is 6.44. The zero-order valence-corrected chi connectivity index (χ0v) is 13.0. The third-order valence-electron chi connectivity index (χ3n) is 4.34. The third-order valence-corrected chi connectivity index (χ3v) is 4.53. The van der Waals surface area contributed by atoms with Gasteiger partial charge in [0.25, 0.3) is 0 Å². The molecule has 2 fully saturated rings. The Bertz CT molecular complexity index is 532. The lowest BCUT2D eigenvalue weighted by Gasteiger charge is -2.31. The molecular formula is C15H21ClN4O. The molecule has 2 N–H and O–H groups in total. The molecule has 0 bridgehead atoms. The molecule has 6 heteroatoms. The van der Waals surface area contributed by atoms with Gasteiger partial charge in [0.1, 0.15) is 16.8 Å². The Morgan fingerprint density at radius 1 is 1.24 bits per heavy atom. The van der Waals surface area contributed by atoms with Gasteiger partial charge in [0, 0.05) is 25.1 Å². The average Bonchev–Trinajstić information content (AvgIpc) is 3.31. The maximum Gasteiger partial charge on any atom is 0.224 e. The summed E-state index contributed by atoms with van der Waals surface area (Å²) in [5.41, 5.74) is 0. The van der Waals surface area contributed by atoms with Gasteiger partial charge in [0.2, 0.25) is 5.91 Å². The summed E-state index contributed by atoms with van der Waals surface area (Å²) in [5.74, 6) is 2.15. The number of aromatic nitrogens is 2. The van der Waals surface area contributed by atoms with Gasteiger partial charge in [0.15, 0.2) is 0 Å². The minimum Gasteiger partial charge on any atom is -0.366 e. The average molecular weight is 309 g/mol. The zero-order valence-electron chi connectivity index (χ0n) is 12.2. The van der Waals surface area contributed by atoms with E-state index in [2.05, 4.69) is 20.6 Å². The fraction of sp³-hybridized carbons (Fsp3) is 0.667. The molecule has 1 amide bonds. The standard InChI is InChI=1S/C15H21ClN4O/c1-17-15(21)10-4-2-3-5-11(10)18-13-8-12(16)19-14(20-13)9-6-7-9/h8-11H,2-7H2,1H3,(H,17,21)(H,18,19,20). The molecule has 0 saturated heterocycles. The Labute approximate surface area is 129 Å². The second-order valence-electron chi connectivity index (χ2n) is 5.96. The van der Waals surface area contributed by atoms with Crippen molar-refractivity contribution in [2.45, 2.75) is 50.5 Å². The van der Waals surface area contributed by atoms with Gasteiger partial charge in [-0.1, -0.05) is 24.4 Å². The number of halogens is 1. The van der Waals surface area contributed by atoms with E-state index in [1.165, 1.54) is 0 Å². The molecule has 2 aliphatic carbocycles. The molecule has 2 unspecified atom stereocenters. The number of carbonyl (C=O) groups is 1. The summed E-state index contributed by atoms with van der Waals surface area (Å²) < 4.78 is 0. The third kappa shape index (κ3) is 3.46.